The second-order valence-corrected chi connectivity index (χ2v) is 5.93. The first kappa shape index (κ1) is 19.6. The fourth-order valence-electron chi connectivity index (χ4n) is 1.20. The molecule has 0 aromatic carbocycles. The van der Waals surface area contributed by atoms with E-state index in [2.05, 4.69) is 13.2 Å². The van der Waals surface area contributed by atoms with Gasteiger partial charge in [-0.15, -0.1) is 0 Å². The number of carbonyl (C=O) groups is 2. The Morgan fingerprint density at radius 1 is 0.952 bits per heavy atom. The molecule has 0 heterocycles. The molecule has 0 unspecified atom stereocenters. The largest absolute Gasteiger partial charge is 0.460 e. The van der Waals surface area contributed by atoms with Crippen molar-refractivity contribution in [2.24, 2.45) is 0 Å². The molecule has 0 aliphatic rings. The molecule has 0 fully saturated rings. The Morgan fingerprint density at radius 3 is 1.71 bits per heavy atom. The lowest BCUT2D eigenvalue weighted by molar-refractivity contribution is -0.139. The van der Waals surface area contributed by atoms with Crippen LogP contribution in [0.25, 0.3) is 0 Å². The fraction of sp³-hybridized carbons (Fsp3) is 0.538. The third kappa shape index (κ3) is 10.0. The van der Waals surface area contributed by atoms with Gasteiger partial charge in [0.05, 0.1) is 13.2 Å². The monoisotopic (exact) mass is 320 g/mol. The van der Waals surface area contributed by atoms with Crippen LogP contribution in [-0.2, 0) is 32.7 Å². The number of hydrogen-bond acceptors (Lipinski definition) is 7. The Balaban J connectivity index is 4.07. The molecule has 0 aliphatic heterocycles. The average molecular weight is 320 g/mol. The van der Waals surface area contributed by atoms with Crippen LogP contribution in [0.5, 0.6) is 0 Å². The van der Waals surface area contributed by atoms with Gasteiger partial charge in [-0.25, -0.2) is 9.59 Å². The topological polar surface area (TPSA) is 88.1 Å². The summed E-state index contributed by atoms with van der Waals surface area (Å²) >= 11 is 0. The molecule has 0 atom stereocenters. The third-order valence-electron chi connectivity index (χ3n) is 2.06. The van der Waals surface area contributed by atoms with Crippen LogP contribution in [0.3, 0.4) is 0 Å². The first-order chi connectivity index (χ1) is 9.97. The van der Waals surface area contributed by atoms with Gasteiger partial charge >= 0.3 is 19.5 Å². The molecule has 8 heteroatoms. The summed E-state index contributed by atoms with van der Waals surface area (Å²) in [6.07, 6.45) is 2.86. The Morgan fingerprint density at radius 2 is 1.38 bits per heavy atom. The molecule has 0 saturated carbocycles. The van der Waals surface area contributed by atoms with E-state index >= 15 is 0 Å². The van der Waals surface area contributed by atoms with E-state index in [1.165, 1.54) is 0 Å². The third-order valence-corrected chi connectivity index (χ3v) is 4.21. The van der Waals surface area contributed by atoms with Crippen molar-refractivity contribution >= 4 is 19.5 Å². The molecule has 7 nitrogen and oxygen atoms in total. The number of ether oxygens (including phenoxy) is 2. The zero-order valence-corrected chi connectivity index (χ0v) is 13.0. The summed E-state index contributed by atoms with van der Waals surface area (Å²) in [5.74, 6) is -1.16. The minimum atomic E-state index is -3.29. The number of rotatable bonds is 12. The molecular weight excluding hydrogens is 299 g/mol. The summed E-state index contributed by atoms with van der Waals surface area (Å²) in [5.41, 5.74) is 0. The highest BCUT2D eigenvalue weighted by Crippen LogP contribution is 2.48. The lowest BCUT2D eigenvalue weighted by Gasteiger charge is -2.17. The molecule has 0 rings (SSSR count). The highest BCUT2D eigenvalue weighted by atomic mass is 31.2. The van der Waals surface area contributed by atoms with Crippen molar-refractivity contribution in [3.8, 4) is 0 Å². The summed E-state index contributed by atoms with van der Waals surface area (Å²) in [6, 6.07) is 0. The summed E-state index contributed by atoms with van der Waals surface area (Å²) in [5, 5.41) is 0. The van der Waals surface area contributed by atoms with E-state index in [0.717, 1.165) is 12.2 Å². The molecule has 120 valence electrons. The average Bonchev–Trinajstić information content (AvgIpc) is 2.48. The standard InChI is InChI=1S/C13H21O7P/c1-4-11-21(16,19-9-7-17-12(14)5-2)20-10-8-18-13(15)6-3/h5-6H,2-4,7-11H2,1H3. The van der Waals surface area contributed by atoms with E-state index in [1.54, 1.807) is 0 Å². The van der Waals surface area contributed by atoms with Crippen LogP contribution in [0.1, 0.15) is 13.3 Å². The molecule has 0 aromatic heterocycles. The fourth-order valence-corrected chi connectivity index (χ4v) is 2.78. The second kappa shape index (κ2) is 11.3. The summed E-state index contributed by atoms with van der Waals surface area (Å²) in [6.45, 7) is 8.12. The van der Waals surface area contributed by atoms with Gasteiger partial charge in [0.1, 0.15) is 13.2 Å². The zero-order chi connectivity index (χ0) is 16.1. The summed E-state index contributed by atoms with van der Waals surface area (Å²) in [7, 11) is -3.29. The predicted molar refractivity (Wildman–Crippen MR) is 77.0 cm³/mol. The maximum absolute atomic E-state index is 12.3. The Hall–Kier alpha value is -1.43. The zero-order valence-electron chi connectivity index (χ0n) is 12.1. The minimum Gasteiger partial charge on any atom is -0.460 e. The van der Waals surface area contributed by atoms with Crippen molar-refractivity contribution in [2.45, 2.75) is 13.3 Å². The van der Waals surface area contributed by atoms with Crippen LogP contribution in [0.2, 0.25) is 0 Å². The number of esters is 2. The highest BCUT2D eigenvalue weighted by molar-refractivity contribution is 7.53. The maximum atomic E-state index is 12.3. The van der Waals surface area contributed by atoms with E-state index in [0.29, 0.717) is 6.42 Å². The van der Waals surface area contributed by atoms with E-state index in [1.807, 2.05) is 6.92 Å². The molecule has 21 heavy (non-hydrogen) atoms. The summed E-state index contributed by atoms with van der Waals surface area (Å²) < 4.78 is 32.0. The van der Waals surface area contributed by atoms with Crippen LogP contribution in [-0.4, -0.2) is 44.5 Å². The van der Waals surface area contributed by atoms with Crippen LogP contribution in [0.15, 0.2) is 25.3 Å². The van der Waals surface area contributed by atoms with Crippen LogP contribution < -0.4 is 0 Å². The first-order valence-electron chi connectivity index (χ1n) is 6.44. The normalized spacial score (nSPS) is 10.7. The molecule has 0 radical (unpaired) electrons. The van der Waals surface area contributed by atoms with Gasteiger partial charge in [0.15, 0.2) is 0 Å². The van der Waals surface area contributed by atoms with E-state index in [9.17, 15) is 14.2 Å². The molecule has 0 amide bonds. The predicted octanol–water partition coefficient (Wildman–Crippen LogP) is 2.08. The van der Waals surface area contributed by atoms with Crippen molar-refractivity contribution in [1.82, 2.24) is 0 Å². The van der Waals surface area contributed by atoms with Gasteiger partial charge < -0.3 is 18.5 Å². The quantitative estimate of drug-likeness (QED) is 0.235. The van der Waals surface area contributed by atoms with E-state index < -0.39 is 19.5 Å². The molecule has 0 N–H and O–H groups in total. The van der Waals surface area contributed by atoms with Crippen molar-refractivity contribution in [3.05, 3.63) is 25.3 Å². The lowest BCUT2D eigenvalue weighted by Crippen LogP contribution is -2.12. The smallest absolute Gasteiger partial charge is 0.330 e. The molecule has 0 bridgehead atoms. The Labute approximate surface area is 124 Å². The van der Waals surface area contributed by atoms with Crippen molar-refractivity contribution in [3.63, 3.8) is 0 Å². The van der Waals surface area contributed by atoms with Gasteiger partial charge in [-0.05, 0) is 6.42 Å². The Kier molecular flexibility index (Phi) is 10.5. The van der Waals surface area contributed by atoms with Gasteiger partial charge in [-0.1, -0.05) is 20.1 Å². The molecule has 0 spiro atoms. The van der Waals surface area contributed by atoms with E-state index in [4.69, 9.17) is 18.5 Å². The van der Waals surface area contributed by atoms with Gasteiger partial charge in [0.25, 0.3) is 0 Å². The molecular formula is C13H21O7P. The molecule has 0 aliphatic carbocycles. The first-order valence-corrected chi connectivity index (χ1v) is 8.16. The second-order valence-electron chi connectivity index (χ2n) is 3.74. The summed E-state index contributed by atoms with van der Waals surface area (Å²) in [4.78, 5) is 21.6. The van der Waals surface area contributed by atoms with Crippen LogP contribution >= 0.6 is 7.60 Å². The van der Waals surface area contributed by atoms with Gasteiger partial charge in [0, 0.05) is 18.3 Å². The van der Waals surface area contributed by atoms with Crippen LogP contribution in [0.4, 0.5) is 0 Å². The lowest BCUT2D eigenvalue weighted by atomic mass is 10.6. The minimum absolute atomic E-state index is 0.0482. The molecule has 0 aromatic rings. The SMILES string of the molecule is C=CC(=O)OCCOP(=O)(CCC)OCCOC(=O)C=C. The number of hydrogen-bond donors (Lipinski definition) is 0. The van der Waals surface area contributed by atoms with Crippen molar-refractivity contribution in [2.75, 3.05) is 32.6 Å². The maximum Gasteiger partial charge on any atom is 0.330 e. The van der Waals surface area contributed by atoms with Crippen molar-refractivity contribution in [1.29, 1.82) is 0 Å². The van der Waals surface area contributed by atoms with Crippen molar-refractivity contribution < 1.29 is 32.7 Å². The van der Waals surface area contributed by atoms with Gasteiger partial charge in [-0.2, -0.15) is 0 Å². The highest BCUT2D eigenvalue weighted by Gasteiger charge is 2.23. The van der Waals surface area contributed by atoms with E-state index in [-0.39, 0.29) is 32.6 Å². The Bertz CT molecular complexity index is 373. The number of carbonyl (C=O) groups excluding carboxylic acids is 2. The van der Waals surface area contributed by atoms with Gasteiger partial charge in [-0.3, -0.25) is 4.57 Å². The van der Waals surface area contributed by atoms with Crippen LogP contribution in [0, 0.1) is 0 Å². The molecule has 0 saturated heterocycles. The van der Waals surface area contributed by atoms with Gasteiger partial charge in [0.2, 0.25) is 0 Å².